The molecule has 5 rings (SSSR count). The number of amidine groups is 1. The number of nitrogens with zero attached hydrogens (tertiary/aromatic N) is 4. The van der Waals surface area contributed by atoms with Crippen LogP contribution in [-0.2, 0) is 9.59 Å². The first kappa shape index (κ1) is 29.8. The molecule has 224 valence electrons. The number of H-pyrrole nitrogens is 1. The molecule has 0 spiro atoms. The Morgan fingerprint density at radius 2 is 1.88 bits per heavy atom. The number of rotatable bonds is 7. The molecule has 2 atom stereocenters. The molecule has 2 aromatic carbocycles. The monoisotopic (exact) mass is 605 g/mol. The highest BCUT2D eigenvalue weighted by Gasteiger charge is 2.46. The van der Waals surface area contributed by atoms with E-state index in [-0.39, 0.29) is 29.6 Å². The van der Waals surface area contributed by atoms with E-state index in [2.05, 4.69) is 15.3 Å². The van der Waals surface area contributed by atoms with Crippen molar-refractivity contribution in [3.63, 3.8) is 0 Å². The van der Waals surface area contributed by atoms with Gasteiger partial charge in [-0.1, -0.05) is 29.8 Å². The lowest BCUT2D eigenvalue weighted by Gasteiger charge is -2.35. The molecule has 4 N–H and O–H groups in total. The van der Waals surface area contributed by atoms with Crippen LogP contribution >= 0.6 is 11.6 Å². The van der Waals surface area contributed by atoms with Gasteiger partial charge in [-0.2, -0.15) is 0 Å². The number of halogens is 1. The van der Waals surface area contributed by atoms with Crippen molar-refractivity contribution >= 4 is 41.1 Å². The Morgan fingerprint density at radius 1 is 1.14 bits per heavy atom. The molecule has 0 radical (unpaired) electrons. The molecule has 0 aliphatic carbocycles. The van der Waals surface area contributed by atoms with Crippen LogP contribution < -0.4 is 15.8 Å². The number of carbonyl (C=O) groups is 4. The third-order valence-corrected chi connectivity index (χ3v) is 7.14. The van der Waals surface area contributed by atoms with Crippen molar-refractivity contribution in [2.24, 2.45) is 10.7 Å². The Kier molecular flexibility index (Phi) is 8.23. The standard InChI is InChI=1S/C30H32ClN7O5/c1-30(2,3)43-22-14-18(21(39)15-23(32)40)6-9-20(22)28-36-25(27-34-10-11-35-27)26(17-4-7-19(31)8-5-17)38(28)29(42)37-13-12-33-24(41)16-37/h4-11,14,25-26H,12-13,15-16H2,1-3H3,(H2,32,40)(H,33,41)(H,34,35)/t25-,26-/m1/s1. The predicted molar refractivity (Wildman–Crippen MR) is 159 cm³/mol. The molecular formula is C30H32ClN7O5. The Bertz CT molecular complexity index is 1580. The van der Waals surface area contributed by atoms with Crippen molar-refractivity contribution < 1.29 is 23.9 Å². The van der Waals surface area contributed by atoms with Gasteiger partial charge in [0.05, 0.1) is 18.0 Å². The minimum absolute atomic E-state index is 0.118. The summed E-state index contributed by atoms with van der Waals surface area (Å²) in [7, 11) is 0. The van der Waals surface area contributed by atoms with Gasteiger partial charge in [-0.3, -0.25) is 24.3 Å². The summed E-state index contributed by atoms with van der Waals surface area (Å²) in [6, 6.07) is 10.1. The molecule has 3 heterocycles. The number of benzene rings is 2. The van der Waals surface area contributed by atoms with Gasteiger partial charge in [0, 0.05) is 36.1 Å². The van der Waals surface area contributed by atoms with E-state index in [0.29, 0.717) is 29.5 Å². The molecule has 0 unspecified atom stereocenters. The fourth-order valence-electron chi connectivity index (χ4n) is 5.10. The van der Waals surface area contributed by atoms with E-state index >= 15 is 0 Å². The summed E-state index contributed by atoms with van der Waals surface area (Å²) >= 11 is 6.22. The zero-order chi connectivity index (χ0) is 30.9. The van der Waals surface area contributed by atoms with Gasteiger partial charge in [-0.15, -0.1) is 0 Å². The lowest BCUT2D eigenvalue weighted by molar-refractivity contribution is -0.123. The second kappa shape index (κ2) is 11.9. The van der Waals surface area contributed by atoms with Gasteiger partial charge in [-0.25, -0.2) is 9.78 Å². The number of hydrogen-bond acceptors (Lipinski definition) is 7. The van der Waals surface area contributed by atoms with Crippen LogP contribution in [0.1, 0.15) is 66.6 Å². The number of urea groups is 1. The van der Waals surface area contributed by atoms with E-state index in [0.717, 1.165) is 5.56 Å². The third kappa shape index (κ3) is 6.54. The maximum absolute atomic E-state index is 14.4. The van der Waals surface area contributed by atoms with Crippen LogP contribution in [0.15, 0.2) is 59.9 Å². The molecule has 0 saturated carbocycles. The van der Waals surface area contributed by atoms with Crippen molar-refractivity contribution in [3.8, 4) is 5.75 Å². The Labute approximate surface area is 253 Å². The summed E-state index contributed by atoms with van der Waals surface area (Å²) in [5.41, 5.74) is 5.97. The van der Waals surface area contributed by atoms with Crippen LogP contribution in [-0.4, -0.2) is 74.5 Å². The predicted octanol–water partition coefficient (Wildman–Crippen LogP) is 3.40. The van der Waals surface area contributed by atoms with Gasteiger partial charge in [-0.05, 0) is 50.6 Å². The van der Waals surface area contributed by atoms with Crippen LogP contribution in [0, 0.1) is 0 Å². The van der Waals surface area contributed by atoms with E-state index < -0.39 is 41.8 Å². The summed E-state index contributed by atoms with van der Waals surface area (Å²) < 4.78 is 6.31. The number of aliphatic imine (C=N–C) groups is 1. The number of aromatic nitrogens is 2. The Morgan fingerprint density at radius 3 is 2.51 bits per heavy atom. The first-order chi connectivity index (χ1) is 20.4. The zero-order valence-electron chi connectivity index (χ0n) is 24.0. The van der Waals surface area contributed by atoms with Crippen molar-refractivity contribution in [3.05, 3.63) is 82.4 Å². The number of carbonyl (C=O) groups excluding carboxylic acids is 4. The largest absolute Gasteiger partial charge is 0.487 e. The summed E-state index contributed by atoms with van der Waals surface area (Å²) in [4.78, 5) is 66.6. The van der Waals surface area contributed by atoms with Crippen LogP contribution in [0.4, 0.5) is 4.79 Å². The highest BCUT2D eigenvalue weighted by atomic mass is 35.5. The third-order valence-electron chi connectivity index (χ3n) is 6.89. The minimum atomic E-state index is -0.748. The number of nitrogens with one attached hydrogen (secondary N) is 2. The average Bonchev–Trinajstić information content (AvgIpc) is 3.60. The van der Waals surface area contributed by atoms with Gasteiger partial charge in [0.2, 0.25) is 11.8 Å². The molecule has 2 aliphatic rings. The SMILES string of the molecule is CC(C)(C)Oc1cc(C(=O)CC(N)=O)ccc1C1=N[C@@H](c2ncc[nH]2)[C@@H](c2ccc(Cl)cc2)N1C(=O)N1CCNC(=O)C1. The number of aromatic amines is 1. The lowest BCUT2D eigenvalue weighted by Crippen LogP contribution is -2.55. The lowest BCUT2D eigenvalue weighted by atomic mass is 9.98. The molecule has 1 fully saturated rings. The molecule has 12 nitrogen and oxygen atoms in total. The van der Waals surface area contributed by atoms with Gasteiger partial charge in [0.1, 0.15) is 35.6 Å². The van der Waals surface area contributed by atoms with Gasteiger partial charge < -0.3 is 25.7 Å². The summed E-state index contributed by atoms with van der Waals surface area (Å²) in [5.74, 6) is -0.406. The fraction of sp³-hybridized carbons (Fsp3) is 0.333. The van der Waals surface area contributed by atoms with E-state index in [1.807, 2.05) is 32.9 Å². The Hall–Kier alpha value is -4.71. The van der Waals surface area contributed by atoms with Crippen LogP contribution in [0.3, 0.4) is 0 Å². The molecule has 1 aromatic heterocycles. The maximum Gasteiger partial charge on any atom is 0.326 e. The van der Waals surface area contributed by atoms with Crippen molar-refractivity contribution in [1.29, 1.82) is 0 Å². The number of nitrogens with two attached hydrogens (primary N) is 1. The molecule has 4 amide bonds. The molecule has 1 saturated heterocycles. The molecule has 43 heavy (non-hydrogen) atoms. The van der Waals surface area contributed by atoms with E-state index in [9.17, 15) is 19.2 Å². The summed E-state index contributed by atoms with van der Waals surface area (Å²) in [6.07, 6.45) is 2.82. The van der Waals surface area contributed by atoms with Gasteiger partial charge in [0.25, 0.3) is 0 Å². The van der Waals surface area contributed by atoms with E-state index in [4.69, 9.17) is 27.1 Å². The number of piperazine rings is 1. The van der Waals surface area contributed by atoms with Crippen molar-refractivity contribution in [2.75, 3.05) is 19.6 Å². The van der Waals surface area contributed by atoms with E-state index in [1.165, 1.54) is 11.0 Å². The molecule has 0 bridgehead atoms. The smallest absolute Gasteiger partial charge is 0.326 e. The highest BCUT2D eigenvalue weighted by Crippen LogP contribution is 2.44. The number of Topliss-reactive ketones (excluding diaryl/α,β-unsaturated/α-hetero) is 1. The second-order valence-corrected chi connectivity index (χ2v) is 11.7. The van der Waals surface area contributed by atoms with Crippen molar-refractivity contribution in [2.45, 2.75) is 44.9 Å². The zero-order valence-corrected chi connectivity index (χ0v) is 24.7. The highest BCUT2D eigenvalue weighted by molar-refractivity contribution is 6.30. The van der Waals surface area contributed by atoms with Crippen LogP contribution in [0.25, 0.3) is 0 Å². The first-order valence-corrected chi connectivity index (χ1v) is 14.1. The first-order valence-electron chi connectivity index (χ1n) is 13.7. The summed E-state index contributed by atoms with van der Waals surface area (Å²) in [6.45, 7) is 6.05. The van der Waals surface area contributed by atoms with Crippen LogP contribution in [0.2, 0.25) is 5.02 Å². The molecule has 3 aromatic rings. The number of amides is 4. The van der Waals surface area contributed by atoms with Crippen molar-refractivity contribution in [1.82, 2.24) is 25.1 Å². The second-order valence-electron chi connectivity index (χ2n) is 11.3. The normalized spacial score (nSPS) is 18.7. The number of ketones is 1. The quantitative estimate of drug-likeness (QED) is 0.276. The molecule has 13 heteroatoms. The topological polar surface area (TPSA) is 163 Å². The molecular weight excluding hydrogens is 574 g/mol. The summed E-state index contributed by atoms with van der Waals surface area (Å²) in [5, 5.41) is 3.28. The van der Waals surface area contributed by atoms with Gasteiger partial charge in [0.15, 0.2) is 5.78 Å². The fourth-order valence-corrected chi connectivity index (χ4v) is 5.22. The number of imidazole rings is 1. The van der Waals surface area contributed by atoms with E-state index in [1.54, 1.807) is 41.6 Å². The average molecular weight is 606 g/mol. The van der Waals surface area contributed by atoms with Gasteiger partial charge >= 0.3 is 6.03 Å². The Balaban J connectivity index is 1.69. The van der Waals surface area contributed by atoms with Crippen LogP contribution in [0.5, 0.6) is 5.75 Å². The maximum atomic E-state index is 14.4. The minimum Gasteiger partial charge on any atom is -0.487 e. The number of ether oxygens (including phenoxy) is 1. The number of primary amides is 1. The number of hydrogen-bond donors (Lipinski definition) is 3. The molecule has 2 aliphatic heterocycles.